The summed E-state index contributed by atoms with van der Waals surface area (Å²) in [7, 11) is 0. The first-order chi connectivity index (χ1) is 15.2. The normalized spacial score (nSPS) is 15.4. The molecule has 31 heavy (non-hydrogen) atoms. The lowest BCUT2D eigenvalue weighted by Gasteiger charge is -2.38. The van der Waals surface area contributed by atoms with Crippen LogP contribution in [0.3, 0.4) is 0 Å². The summed E-state index contributed by atoms with van der Waals surface area (Å²) in [5.41, 5.74) is 4.36. The monoisotopic (exact) mass is 429 g/mol. The molecule has 3 aromatic carbocycles. The highest BCUT2D eigenvalue weighted by Gasteiger charge is 2.29. The van der Waals surface area contributed by atoms with Crippen LogP contribution in [-0.4, -0.2) is 23.5 Å². The molecule has 0 unspecified atom stereocenters. The number of hydrogen-bond acceptors (Lipinski definition) is 5. The number of nitrogens with one attached hydrogen (secondary N) is 1. The average Bonchev–Trinajstić information content (AvgIpc) is 3.19. The number of amides is 1. The van der Waals surface area contributed by atoms with Gasteiger partial charge < -0.3 is 15.0 Å². The first kappa shape index (κ1) is 19.6. The van der Waals surface area contributed by atoms with Crippen molar-refractivity contribution in [2.75, 3.05) is 16.8 Å². The fourth-order valence-electron chi connectivity index (χ4n) is 3.87. The van der Waals surface area contributed by atoms with Crippen molar-refractivity contribution in [3.63, 3.8) is 0 Å². The molecule has 0 aliphatic carbocycles. The Kier molecular flexibility index (Phi) is 5.30. The van der Waals surface area contributed by atoms with Gasteiger partial charge in [-0.2, -0.15) is 0 Å². The highest BCUT2D eigenvalue weighted by molar-refractivity contribution is 7.22. The molecule has 156 valence electrons. The van der Waals surface area contributed by atoms with Gasteiger partial charge in [-0.3, -0.25) is 4.79 Å². The summed E-state index contributed by atoms with van der Waals surface area (Å²) in [4.78, 5) is 19.7. The zero-order valence-corrected chi connectivity index (χ0v) is 18.1. The number of benzene rings is 3. The van der Waals surface area contributed by atoms with Gasteiger partial charge in [-0.1, -0.05) is 65.4 Å². The van der Waals surface area contributed by atoms with Gasteiger partial charge in [-0.15, -0.1) is 0 Å². The second kappa shape index (κ2) is 8.40. The lowest BCUT2D eigenvalue weighted by atomic mass is 10.1. The Bertz CT molecular complexity index is 1190. The number of thiazole rings is 1. The SMILES string of the molecule is Cc1ccc(CN2c3ccccc3OC[C@H]2CC(=O)Nc2nc3ccccc3s2)cc1. The minimum atomic E-state index is -0.0643. The molecule has 5 nitrogen and oxygen atoms in total. The predicted molar refractivity (Wildman–Crippen MR) is 126 cm³/mol. The van der Waals surface area contributed by atoms with Crippen LogP contribution in [-0.2, 0) is 11.3 Å². The van der Waals surface area contributed by atoms with Gasteiger partial charge in [0.25, 0.3) is 0 Å². The number of ether oxygens (including phenoxy) is 1. The molecule has 4 aromatic rings. The van der Waals surface area contributed by atoms with Gasteiger partial charge >= 0.3 is 0 Å². The molecule has 1 atom stereocenters. The van der Waals surface area contributed by atoms with E-state index >= 15 is 0 Å². The van der Waals surface area contributed by atoms with E-state index < -0.39 is 0 Å². The number of hydrogen-bond donors (Lipinski definition) is 1. The molecule has 0 fully saturated rings. The van der Waals surface area contributed by atoms with Crippen molar-refractivity contribution in [1.82, 2.24) is 4.98 Å². The molecule has 6 heteroatoms. The van der Waals surface area contributed by atoms with E-state index in [-0.39, 0.29) is 11.9 Å². The summed E-state index contributed by atoms with van der Waals surface area (Å²) in [5.74, 6) is 0.804. The molecule has 1 amide bonds. The standard InChI is InChI=1S/C25H23N3O2S/c1-17-10-12-18(13-11-17)15-28-19(16-30-22-8-4-3-7-21(22)28)14-24(29)27-25-26-20-6-2-5-9-23(20)31-25/h2-13,19H,14-16H2,1H3,(H,26,27,29)/t19-/m1/s1. The summed E-state index contributed by atoms with van der Waals surface area (Å²) >= 11 is 1.49. The largest absolute Gasteiger partial charge is 0.489 e. The van der Waals surface area contributed by atoms with Crippen LogP contribution in [0.2, 0.25) is 0 Å². The summed E-state index contributed by atoms with van der Waals surface area (Å²) < 4.78 is 7.05. The van der Waals surface area contributed by atoms with Gasteiger partial charge in [-0.05, 0) is 36.8 Å². The second-order valence-electron chi connectivity index (χ2n) is 7.79. The van der Waals surface area contributed by atoms with E-state index in [0.29, 0.717) is 18.2 Å². The Balaban J connectivity index is 1.35. The summed E-state index contributed by atoms with van der Waals surface area (Å²) in [6, 6.07) is 24.4. The van der Waals surface area contributed by atoms with Crippen molar-refractivity contribution in [2.45, 2.75) is 25.9 Å². The maximum absolute atomic E-state index is 12.9. The number of fused-ring (bicyclic) bond motifs is 2. The molecule has 1 N–H and O–H groups in total. The van der Waals surface area contributed by atoms with Gasteiger partial charge in [0.15, 0.2) is 5.13 Å². The van der Waals surface area contributed by atoms with Crippen molar-refractivity contribution in [1.29, 1.82) is 0 Å². The van der Waals surface area contributed by atoms with Crippen molar-refractivity contribution in [3.05, 3.63) is 83.9 Å². The van der Waals surface area contributed by atoms with Crippen LogP contribution < -0.4 is 15.0 Å². The summed E-state index contributed by atoms with van der Waals surface area (Å²) in [5, 5.41) is 3.61. The van der Waals surface area contributed by atoms with Crippen molar-refractivity contribution in [3.8, 4) is 5.75 Å². The van der Waals surface area contributed by atoms with E-state index in [1.807, 2.05) is 42.5 Å². The Morgan fingerprint density at radius 2 is 1.87 bits per heavy atom. The average molecular weight is 430 g/mol. The summed E-state index contributed by atoms with van der Waals surface area (Å²) in [6.45, 7) is 3.28. The smallest absolute Gasteiger partial charge is 0.228 e. The minimum absolute atomic E-state index is 0.0547. The lowest BCUT2D eigenvalue weighted by molar-refractivity contribution is -0.116. The molecule has 0 saturated carbocycles. The predicted octanol–water partition coefficient (Wildman–Crippen LogP) is 5.40. The van der Waals surface area contributed by atoms with Gasteiger partial charge in [0.05, 0.1) is 28.4 Å². The van der Waals surface area contributed by atoms with Gasteiger partial charge in [0, 0.05) is 6.54 Å². The number of nitrogens with zero attached hydrogens (tertiary/aromatic N) is 2. The Morgan fingerprint density at radius 1 is 1.10 bits per heavy atom. The van der Waals surface area contributed by atoms with E-state index in [4.69, 9.17) is 4.74 Å². The van der Waals surface area contributed by atoms with E-state index in [2.05, 4.69) is 52.5 Å². The first-order valence-electron chi connectivity index (χ1n) is 10.4. The summed E-state index contributed by atoms with van der Waals surface area (Å²) in [6.07, 6.45) is 0.329. The van der Waals surface area contributed by atoms with Crippen LogP contribution in [0.5, 0.6) is 5.75 Å². The Labute approximate surface area is 185 Å². The highest BCUT2D eigenvalue weighted by atomic mass is 32.1. The molecular weight excluding hydrogens is 406 g/mol. The number of aryl methyl sites for hydroxylation is 1. The Hall–Kier alpha value is -3.38. The molecule has 0 spiro atoms. The van der Waals surface area contributed by atoms with E-state index in [9.17, 15) is 4.79 Å². The number of aromatic nitrogens is 1. The van der Waals surface area contributed by atoms with Crippen LogP contribution in [0.25, 0.3) is 10.2 Å². The fraction of sp³-hybridized carbons (Fsp3) is 0.200. The van der Waals surface area contributed by atoms with Crippen LogP contribution in [0, 0.1) is 6.92 Å². The maximum Gasteiger partial charge on any atom is 0.228 e. The van der Waals surface area contributed by atoms with Gasteiger partial charge in [-0.25, -0.2) is 4.98 Å². The molecule has 2 heterocycles. The number of carbonyl (C=O) groups excluding carboxylic acids is 1. The second-order valence-corrected chi connectivity index (χ2v) is 8.82. The van der Waals surface area contributed by atoms with Crippen molar-refractivity contribution >= 4 is 38.3 Å². The van der Waals surface area contributed by atoms with Gasteiger partial charge in [0.1, 0.15) is 12.4 Å². The zero-order valence-electron chi connectivity index (χ0n) is 17.2. The van der Waals surface area contributed by atoms with E-state index in [1.165, 1.54) is 22.5 Å². The molecule has 0 bridgehead atoms. The third-order valence-corrected chi connectivity index (χ3v) is 6.43. The number of carbonyl (C=O) groups is 1. The first-order valence-corrected chi connectivity index (χ1v) is 11.2. The zero-order chi connectivity index (χ0) is 21.2. The number of rotatable bonds is 5. The van der Waals surface area contributed by atoms with Crippen molar-refractivity contribution in [2.24, 2.45) is 0 Å². The molecule has 1 aliphatic rings. The van der Waals surface area contributed by atoms with Crippen LogP contribution in [0.15, 0.2) is 72.8 Å². The van der Waals surface area contributed by atoms with Crippen LogP contribution >= 0.6 is 11.3 Å². The molecule has 1 aliphatic heterocycles. The topological polar surface area (TPSA) is 54.5 Å². The fourth-order valence-corrected chi connectivity index (χ4v) is 4.75. The quantitative estimate of drug-likeness (QED) is 0.461. The third kappa shape index (κ3) is 4.25. The third-order valence-electron chi connectivity index (χ3n) is 5.48. The van der Waals surface area contributed by atoms with E-state index in [1.54, 1.807) is 0 Å². The van der Waals surface area contributed by atoms with Gasteiger partial charge in [0.2, 0.25) is 5.91 Å². The van der Waals surface area contributed by atoms with Crippen LogP contribution in [0.1, 0.15) is 17.5 Å². The number of para-hydroxylation sites is 3. The van der Waals surface area contributed by atoms with E-state index in [0.717, 1.165) is 28.2 Å². The molecule has 1 aromatic heterocycles. The van der Waals surface area contributed by atoms with Crippen molar-refractivity contribution < 1.29 is 9.53 Å². The van der Waals surface area contributed by atoms with Crippen LogP contribution in [0.4, 0.5) is 10.8 Å². The highest BCUT2D eigenvalue weighted by Crippen LogP contribution is 2.36. The Morgan fingerprint density at radius 3 is 2.71 bits per heavy atom. The molecule has 0 saturated heterocycles. The number of anilines is 2. The lowest BCUT2D eigenvalue weighted by Crippen LogP contribution is -2.44. The molecule has 0 radical (unpaired) electrons. The molecular formula is C25H23N3O2S. The molecule has 5 rings (SSSR count). The minimum Gasteiger partial charge on any atom is -0.489 e. The maximum atomic E-state index is 12.9.